The minimum absolute atomic E-state index is 0.0293. The molecule has 0 aromatic heterocycles. The fraction of sp³-hybridized carbons (Fsp3) is 1.00. The first-order valence-corrected chi connectivity index (χ1v) is 6.02. The molecule has 0 bridgehead atoms. The minimum Gasteiger partial charge on any atom is -0.394 e. The summed E-state index contributed by atoms with van der Waals surface area (Å²) in [4.78, 5) is 0. The summed E-state index contributed by atoms with van der Waals surface area (Å²) in [6.45, 7) is 0.839. The van der Waals surface area contributed by atoms with Crippen molar-refractivity contribution in [3.63, 3.8) is 0 Å². The second-order valence-electron chi connectivity index (χ2n) is 2.38. The van der Waals surface area contributed by atoms with Gasteiger partial charge in [0.25, 0.3) is 0 Å². The van der Waals surface area contributed by atoms with Gasteiger partial charge in [0.1, 0.15) is 0 Å². The van der Waals surface area contributed by atoms with Crippen LogP contribution in [0.4, 0.5) is 0 Å². The summed E-state index contributed by atoms with van der Waals surface area (Å²) in [7, 11) is 2.21. The fourth-order valence-electron chi connectivity index (χ4n) is 0.920. The smallest absolute Gasteiger partial charge is 0.394 e. The van der Waals surface area contributed by atoms with Gasteiger partial charge in [0.2, 0.25) is 0 Å². The molecule has 0 unspecified atom stereocenters. The molecule has 0 aliphatic rings. The van der Waals surface area contributed by atoms with Crippen molar-refractivity contribution in [2.45, 2.75) is 6.04 Å². The monoisotopic (exact) mass is 210 g/mol. The summed E-state index contributed by atoms with van der Waals surface area (Å²) >= 11 is 0. The van der Waals surface area contributed by atoms with Crippen LogP contribution in [0.2, 0.25) is 6.04 Å². The number of rotatable bonds is 8. The van der Waals surface area contributed by atoms with Crippen LogP contribution in [0.5, 0.6) is 0 Å². The van der Waals surface area contributed by atoms with E-state index in [1.807, 2.05) is 0 Å². The Morgan fingerprint density at radius 2 is 1.54 bits per heavy atom. The average molecular weight is 210 g/mol. The third-order valence-electron chi connectivity index (χ3n) is 1.72. The molecule has 0 saturated heterocycles. The first-order valence-electron chi connectivity index (χ1n) is 4.08. The highest BCUT2D eigenvalue weighted by Gasteiger charge is 2.37. The summed E-state index contributed by atoms with van der Waals surface area (Å²) < 4.78 is 20.6. The van der Waals surface area contributed by atoms with Crippen LogP contribution in [0.3, 0.4) is 0 Å². The fourth-order valence-corrected chi connectivity index (χ4v) is 2.43. The number of ether oxygens (including phenoxy) is 1. The largest absolute Gasteiger partial charge is 0.502 e. The molecule has 0 radical (unpaired) electrons. The lowest BCUT2D eigenvalue weighted by atomic mass is 10.7. The zero-order valence-electron chi connectivity index (χ0n) is 8.41. The van der Waals surface area contributed by atoms with Crippen molar-refractivity contribution in [2.75, 3.05) is 41.2 Å². The lowest BCUT2D eigenvalue weighted by Crippen LogP contribution is -2.43. The number of hydrogen-bond donors (Lipinski definition) is 1. The van der Waals surface area contributed by atoms with E-state index in [4.69, 9.17) is 23.1 Å². The third kappa shape index (κ3) is 4.70. The van der Waals surface area contributed by atoms with Crippen LogP contribution in [0.15, 0.2) is 0 Å². The number of aliphatic hydroxyl groups is 1. The van der Waals surface area contributed by atoms with E-state index in [9.17, 15) is 0 Å². The van der Waals surface area contributed by atoms with Gasteiger partial charge in [-0.15, -0.1) is 0 Å². The van der Waals surface area contributed by atoms with Crippen LogP contribution in [0, 0.1) is 0 Å². The summed E-state index contributed by atoms with van der Waals surface area (Å²) in [5.74, 6) is 0. The molecule has 0 spiro atoms. The highest BCUT2D eigenvalue weighted by atomic mass is 28.4. The van der Waals surface area contributed by atoms with E-state index in [1.165, 1.54) is 0 Å². The van der Waals surface area contributed by atoms with Crippen molar-refractivity contribution in [3.8, 4) is 0 Å². The van der Waals surface area contributed by atoms with Crippen molar-refractivity contribution in [1.82, 2.24) is 0 Å². The van der Waals surface area contributed by atoms with E-state index >= 15 is 0 Å². The van der Waals surface area contributed by atoms with E-state index in [1.54, 1.807) is 21.3 Å². The van der Waals surface area contributed by atoms with E-state index < -0.39 is 8.80 Å². The summed E-state index contributed by atoms with van der Waals surface area (Å²) in [5, 5.41) is 8.46. The Balaban J connectivity index is 3.68. The van der Waals surface area contributed by atoms with Crippen LogP contribution in [-0.2, 0) is 18.0 Å². The lowest BCUT2D eigenvalue weighted by Gasteiger charge is -2.23. The van der Waals surface area contributed by atoms with Crippen LogP contribution in [0.25, 0.3) is 0 Å². The first kappa shape index (κ1) is 13.0. The van der Waals surface area contributed by atoms with Crippen molar-refractivity contribution >= 4 is 8.80 Å². The van der Waals surface area contributed by atoms with Gasteiger partial charge in [-0.1, -0.05) is 0 Å². The van der Waals surface area contributed by atoms with E-state index in [2.05, 4.69) is 0 Å². The Labute approximate surface area is 79.9 Å². The van der Waals surface area contributed by atoms with Crippen molar-refractivity contribution in [1.29, 1.82) is 0 Å². The van der Waals surface area contributed by atoms with Crippen LogP contribution >= 0.6 is 0 Å². The van der Waals surface area contributed by atoms with Crippen LogP contribution in [-0.4, -0.2) is 55.1 Å². The molecule has 0 aromatic carbocycles. The second kappa shape index (κ2) is 7.42. The molecule has 1 N–H and O–H groups in total. The molecular weight excluding hydrogens is 192 g/mol. The van der Waals surface area contributed by atoms with Gasteiger partial charge in [0, 0.05) is 27.4 Å². The predicted octanol–water partition coefficient (Wildman–Crippen LogP) is -0.127. The van der Waals surface area contributed by atoms with Crippen molar-refractivity contribution in [2.24, 2.45) is 0 Å². The average Bonchev–Trinajstić information content (AvgIpc) is 2.20. The standard InChI is InChI=1S/C7H18O5Si/c1-9-13(10-2,11-3)7-6-12-5-4-8/h8H,4-7H2,1-3H3. The molecule has 0 atom stereocenters. The van der Waals surface area contributed by atoms with Gasteiger partial charge >= 0.3 is 8.80 Å². The molecule has 0 fully saturated rings. The molecule has 0 aromatic rings. The summed E-state index contributed by atoms with van der Waals surface area (Å²) in [6.07, 6.45) is 0. The normalized spacial score (nSPS) is 12.0. The minimum atomic E-state index is -2.47. The molecule has 6 heteroatoms. The topological polar surface area (TPSA) is 57.2 Å². The lowest BCUT2D eigenvalue weighted by molar-refractivity contribution is 0.0772. The SMILES string of the molecule is CO[Si](CCOCCO)(OC)OC. The number of hydrogen-bond acceptors (Lipinski definition) is 5. The Bertz CT molecular complexity index is 109. The maximum atomic E-state index is 8.46. The first-order chi connectivity index (χ1) is 6.24. The van der Waals surface area contributed by atoms with E-state index in [-0.39, 0.29) is 6.61 Å². The van der Waals surface area contributed by atoms with Gasteiger partial charge in [-0.2, -0.15) is 0 Å². The van der Waals surface area contributed by atoms with E-state index in [0.29, 0.717) is 19.3 Å². The molecule has 5 nitrogen and oxygen atoms in total. The summed E-state index contributed by atoms with van der Waals surface area (Å²) in [5.41, 5.74) is 0. The Hall–Kier alpha value is 0.0169. The second-order valence-corrected chi connectivity index (χ2v) is 5.47. The van der Waals surface area contributed by atoms with Gasteiger partial charge < -0.3 is 23.1 Å². The van der Waals surface area contributed by atoms with Gasteiger partial charge in [-0.05, 0) is 0 Å². The van der Waals surface area contributed by atoms with Gasteiger partial charge in [0.15, 0.2) is 0 Å². The molecule has 13 heavy (non-hydrogen) atoms. The van der Waals surface area contributed by atoms with Gasteiger partial charge in [-0.3, -0.25) is 0 Å². The van der Waals surface area contributed by atoms with Crippen LogP contribution in [0.1, 0.15) is 0 Å². The highest BCUT2D eigenvalue weighted by Crippen LogP contribution is 2.11. The van der Waals surface area contributed by atoms with Gasteiger partial charge in [-0.25, -0.2) is 0 Å². The molecule has 0 amide bonds. The molecule has 0 aliphatic carbocycles. The van der Waals surface area contributed by atoms with Gasteiger partial charge in [0.05, 0.1) is 19.8 Å². The maximum absolute atomic E-state index is 8.46. The zero-order valence-corrected chi connectivity index (χ0v) is 9.41. The molecule has 0 heterocycles. The Kier molecular flexibility index (Phi) is 7.43. The predicted molar refractivity (Wildman–Crippen MR) is 49.5 cm³/mol. The molecular formula is C7H18O5Si. The van der Waals surface area contributed by atoms with E-state index in [0.717, 1.165) is 0 Å². The quantitative estimate of drug-likeness (QED) is 0.447. The third-order valence-corrected chi connectivity index (χ3v) is 4.40. The van der Waals surface area contributed by atoms with Crippen molar-refractivity contribution in [3.05, 3.63) is 0 Å². The maximum Gasteiger partial charge on any atom is 0.502 e. The Morgan fingerprint density at radius 3 is 1.92 bits per heavy atom. The molecule has 80 valence electrons. The zero-order chi connectivity index (χ0) is 10.2. The number of aliphatic hydroxyl groups excluding tert-OH is 1. The molecule has 0 aliphatic heterocycles. The molecule has 0 saturated carbocycles. The highest BCUT2D eigenvalue weighted by molar-refractivity contribution is 6.60. The van der Waals surface area contributed by atoms with Crippen LogP contribution < -0.4 is 0 Å². The van der Waals surface area contributed by atoms with Crippen molar-refractivity contribution < 1.29 is 23.1 Å². The Morgan fingerprint density at radius 1 is 1.00 bits per heavy atom. The summed E-state index contributed by atoms with van der Waals surface area (Å²) in [6, 6.07) is 0.594. The molecule has 0 rings (SSSR count).